The second-order valence-electron chi connectivity index (χ2n) is 6.63. The number of ether oxygens (including phenoxy) is 2. The van der Waals surface area contributed by atoms with Crippen molar-refractivity contribution >= 4 is 5.97 Å². The average Bonchev–Trinajstić information content (AvgIpc) is 2.62. The zero-order chi connectivity index (χ0) is 17.2. The average molecular weight is 330 g/mol. The van der Waals surface area contributed by atoms with E-state index in [-0.39, 0.29) is 12.1 Å². The van der Waals surface area contributed by atoms with E-state index in [1.807, 2.05) is 30.3 Å². The molecule has 0 saturated heterocycles. The Bertz CT molecular complexity index is 498. The van der Waals surface area contributed by atoms with Gasteiger partial charge in [-0.1, -0.05) is 38.0 Å². The number of carbonyl (C=O) groups excluding carboxylic acids is 1. The van der Waals surface area contributed by atoms with Crippen molar-refractivity contribution in [1.82, 2.24) is 0 Å². The Morgan fingerprint density at radius 3 is 2.50 bits per heavy atom. The first-order valence-corrected chi connectivity index (χ1v) is 9.23. The normalized spacial score (nSPS) is 20.5. The molecule has 0 N–H and O–H groups in total. The van der Waals surface area contributed by atoms with Gasteiger partial charge in [0.05, 0.1) is 12.2 Å². The van der Waals surface area contributed by atoms with Crippen LogP contribution >= 0.6 is 0 Å². The summed E-state index contributed by atoms with van der Waals surface area (Å²) in [4.78, 5) is 12.2. The third-order valence-electron chi connectivity index (χ3n) is 4.68. The molecule has 3 nitrogen and oxygen atoms in total. The first-order chi connectivity index (χ1) is 11.7. The molecule has 1 fully saturated rings. The van der Waals surface area contributed by atoms with Crippen LogP contribution in [0.5, 0.6) is 0 Å². The SMILES string of the molecule is C=C[C@H]1CC[C@H](OC(=O)c2ccc(COCCCCC)cc2)CC1. The van der Waals surface area contributed by atoms with Gasteiger partial charge in [0.2, 0.25) is 0 Å². The maximum atomic E-state index is 12.2. The van der Waals surface area contributed by atoms with E-state index in [1.165, 1.54) is 12.8 Å². The minimum absolute atomic E-state index is 0.0512. The second kappa shape index (κ2) is 10.3. The predicted molar refractivity (Wildman–Crippen MR) is 97.0 cm³/mol. The lowest BCUT2D eigenvalue weighted by atomic mass is 9.87. The van der Waals surface area contributed by atoms with Crippen molar-refractivity contribution < 1.29 is 14.3 Å². The van der Waals surface area contributed by atoms with Crippen molar-refractivity contribution in [2.75, 3.05) is 6.61 Å². The van der Waals surface area contributed by atoms with E-state index in [0.717, 1.165) is 44.3 Å². The molecule has 0 aliphatic heterocycles. The highest BCUT2D eigenvalue weighted by atomic mass is 16.5. The van der Waals surface area contributed by atoms with Crippen molar-refractivity contribution in [3.63, 3.8) is 0 Å². The number of allylic oxidation sites excluding steroid dienone is 1. The quantitative estimate of drug-likeness (QED) is 0.350. The standard InChI is InChI=1S/C21H30O3/c1-3-5-6-15-23-16-18-7-11-19(12-8-18)21(22)24-20-13-9-17(4-2)10-14-20/h4,7-8,11-12,17,20H,2-3,5-6,9-10,13-16H2,1H3/t17-,20-. The summed E-state index contributed by atoms with van der Waals surface area (Å²) in [6, 6.07) is 7.57. The maximum Gasteiger partial charge on any atom is 0.338 e. The molecule has 1 aliphatic carbocycles. The van der Waals surface area contributed by atoms with Crippen molar-refractivity contribution in [3.05, 3.63) is 48.0 Å². The predicted octanol–water partition coefficient (Wildman–Crippen LogP) is 5.30. The molecule has 2 rings (SSSR count). The molecule has 132 valence electrons. The minimum atomic E-state index is -0.215. The van der Waals surface area contributed by atoms with E-state index >= 15 is 0 Å². The van der Waals surface area contributed by atoms with Gasteiger partial charge < -0.3 is 9.47 Å². The summed E-state index contributed by atoms with van der Waals surface area (Å²) in [5.74, 6) is 0.365. The Morgan fingerprint density at radius 2 is 1.88 bits per heavy atom. The van der Waals surface area contributed by atoms with Gasteiger partial charge in [0.15, 0.2) is 0 Å². The van der Waals surface area contributed by atoms with Crippen LogP contribution in [-0.2, 0) is 16.1 Å². The van der Waals surface area contributed by atoms with Crippen LogP contribution in [0.3, 0.4) is 0 Å². The van der Waals surface area contributed by atoms with Gasteiger partial charge in [-0.3, -0.25) is 0 Å². The molecule has 0 aromatic heterocycles. The molecule has 0 unspecified atom stereocenters. The summed E-state index contributed by atoms with van der Waals surface area (Å²) in [5.41, 5.74) is 1.71. The van der Waals surface area contributed by atoms with Crippen LogP contribution in [0, 0.1) is 5.92 Å². The first-order valence-electron chi connectivity index (χ1n) is 9.23. The molecule has 0 atom stereocenters. The van der Waals surface area contributed by atoms with Crippen LogP contribution in [0.1, 0.15) is 67.8 Å². The molecule has 0 radical (unpaired) electrons. The molecule has 1 aliphatic rings. The Morgan fingerprint density at radius 1 is 1.17 bits per heavy atom. The highest BCUT2D eigenvalue weighted by Gasteiger charge is 2.22. The van der Waals surface area contributed by atoms with Gasteiger partial charge in [-0.05, 0) is 55.7 Å². The molecule has 0 amide bonds. The van der Waals surface area contributed by atoms with Crippen LogP contribution < -0.4 is 0 Å². The molecule has 0 spiro atoms. The van der Waals surface area contributed by atoms with E-state index in [2.05, 4.69) is 13.5 Å². The van der Waals surface area contributed by atoms with Gasteiger partial charge in [0.1, 0.15) is 6.10 Å². The van der Waals surface area contributed by atoms with Gasteiger partial charge in [-0.15, -0.1) is 6.58 Å². The summed E-state index contributed by atoms with van der Waals surface area (Å²) in [5, 5.41) is 0. The van der Waals surface area contributed by atoms with Crippen LogP contribution in [-0.4, -0.2) is 18.7 Å². The van der Waals surface area contributed by atoms with Gasteiger partial charge in [-0.25, -0.2) is 4.79 Å². The fourth-order valence-electron chi connectivity index (χ4n) is 3.04. The van der Waals surface area contributed by atoms with Crippen molar-refractivity contribution in [2.24, 2.45) is 5.92 Å². The Kier molecular flexibility index (Phi) is 8.03. The number of esters is 1. The van der Waals surface area contributed by atoms with Crippen LogP contribution in [0.15, 0.2) is 36.9 Å². The highest BCUT2D eigenvalue weighted by molar-refractivity contribution is 5.89. The van der Waals surface area contributed by atoms with Crippen molar-refractivity contribution in [2.45, 2.75) is 64.6 Å². The van der Waals surface area contributed by atoms with Gasteiger partial charge in [-0.2, -0.15) is 0 Å². The molecule has 0 bridgehead atoms. The number of carbonyl (C=O) groups is 1. The van der Waals surface area contributed by atoms with E-state index in [0.29, 0.717) is 18.1 Å². The highest BCUT2D eigenvalue weighted by Crippen LogP contribution is 2.27. The van der Waals surface area contributed by atoms with E-state index in [4.69, 9.17) is 9.47 Å². The molecule has 1 aromatic rings. The molecule has 0 heterocycles. The zero-order valence-electron chi connectivity index (χ0n) is 14.8. The summed E-state index contributed by atoms with van der Waals surface area (Å²) in [6.45, 7) is 7.43. The molecule has 1 saturated carbocycles. The molecular formula is C21H30O3. The lowest BCUT2D eigenvalue weighted by Gasteiger charge is -2.26. The summed E-state index contributed by atoms with van der Waals surface area (Å²) in [7, 11) is 0. The fraction of sp³-hybridized carbons (Fsp3) is 0.571. The van der Waals surface area contributed by atoms with Gasteiger partial charge >= 0.3 is 5.97 Å². The summed E-state index contributed by atoms with van der Waals surface area (Å²) < 4.78 is 11.3. The van der Waals surface area contributed by atoms with Crippen molar-refractivity contribution in [1.29, 1.82) is 0 Å². The number of unbranched alkanes of at least 4 members (excludes halogenated alkanes) is 2. The van der Waals surface area contributed by atoms with Crippen LogP contribution in [0.2, 0.25) is 0 Å². The van der Waals surface area contributed by atoms with E-state index in [1.54, 1.807) is 0 Å². The molecule has 3 heteroatoms. The molecular weight excluding hydrogens is 300 g/mol. The summed E-state index contributed by atoms with van der Waals surface area (Å²) in [6.07, 6.45) is 9.59. The fourth-order valence-corrected chi connectivity index (χ4v) is 3.04. The monoisotopic (exact) mass is 330 g/mol. The number of rotatable bonds is 9. The number of hydrogen-bond acceptors (Lipinski definition) is 3. The first kappa shape index (κ1) is 18.7. The third-order valence-corrected chi connectivity index (χ3v) is 4.68. The topological polar surface area (TPSA) is 35.5 Å². The lowest BCUT2D eigenvalue weighted by molar-refractivity contribution is 0.0185. The number of benzene rings is 1. The van der Waals surface area contributed by atoms with E-state index < -0.39 is 0 Å². The lowest BCUT2D eigenvalue weighted by Crippen LogP contribution is -2.23. The summed E-state index contributed by atoms with van der Waals surface area (Å²) >= 11 is 0. The zero-order valence-corrected chi connectivity index (χ0v) is 14.8. The largest absolute Gasteiger partial charge is 0.459 e. The number of hydrogen-bond donors (Lipinski definition) is 0. The van der Waals surface area contributed by atoms with E-state index in [9.17, 15) is 4.79 Å². The Labute approximate surface area is 146 Å². The Hall–Kier alpha value is -1.61. The third kappa shape index (κ3) is 6.12. The smallest absolute Gasteiger partial charge is 0.338 e. The maximum absolute atomic E-state index is 12.2. The second-order valence-corrected chi connectivity index (χ2v) is 6.63. The van der Waals surface area contributed by atoms with Crippen LogP contribution in [0.25, 0.3) is 0 Å². The molecule has 24 heavy (non-hydrogen) atoms. The van der Waals surface area contributed by atoms with Crippen molar-refractivity contribution in [3.8, 4) is 0 Å². The minimum Gasteiger partial charge on any atom is -0.459 e. The van der Waals surface area contributed by atoms with Crippen LogP contribution in [0.4, 0.5) is 0 Å². The van der Waals surface area contributed by atoms with Gasteiger partial charge in [0, 0.05) is 6.61 Å². The van der Waals surface area contributed by atoms with Gasteiger partial charge in [0.25, 0.3) is 0 Å². The molecule has 1 aromatic carbocycles. The Balaban J connectivity index is 1.73.